The molecule has 3 aromatic rings. The molecule has 176 valence electrons. The van der Waals surface area contributed by atoms with Crippen molar-refractivity contribution < 1.29 is 4.79 Å². The van der Waals surface area contributed by atoms with Crippen LogP contribution in [0, 0.1) is 11.3 Å². The van der Waals surface area contributed by atoms with Crippen molar-refractivity contribution in [3.05, 3.63) is 61.4 Å². The van der Waals surface area contributed by atoms with E-state index in [0.717, 1.165) is 53.9 Å². The van der Waals surface area contributed by atoms with E-state index in [1.165, 1.54) is 16.2 Å². The Balaban J connectivity index is 1.46. The number of nitrogens with one attached hydrogen (secondary N) is 2. The normalized spacial score (nSPS) is 21.5. The number of fused-ring (bicyclic) bond motifs is 2. The first-order chi connectivity index (χ1) is 16.5. The molecular weight excluding hydrogens is 468 g/mol. The molecule has 0 spiro atoms. The summed E-state index contributed by atoms with van der Waals surface area (Å²) in [5.41, 5.74) is 8.15. The molecule has 2 atom stereocenters. The van der Waals surface area contributed by atoms with E-state index in [2.05, 4.69) is 54.9 Å². The topological polar surface area (TPSA) is 137 Å². The second-order valence-electron chi connectivity index (χ2n) is 8.68. The zero-order valence-corrected chi connectivity index (χ0v) is 20.3. The minimum Gasteiger partial charge on any atom is -0.365 e. The van der Waals surface area contributed by atoms with Crippen molar-refractivity contribution >= 4 is 28.6 Å². The number of amides is 1. The third-order valence-electron chi connectivity index (χ3n) is 6.84. The summed E-state index contributed by atoms with van der Waals surface area (Å²) >= 11 is 3.21. The van der Waals surface area contributed by atoms with Crippen LogP contribution in [0.5, 0.6) is 0 Å². The van der Waals surface area contributed by atoms with Crippen LogP contribution in [0.25, 0.3) is 0 Å². The average Bonchev–Trinajstić information content (AvgIpc) is 3.64. The molecule has 5 rings (SSSR count). The van der Waals surface area contributed by atoms with Crippen molar-refractivity contribution in [2.75, 3.05) is 19.6 Å². The van der Waals surface area contributed by atoms with Gasteiger partial charge in [0, 0.05) is 28.5 Å². The molecule has 11 heteroatoms. The van der Waals surface area contributed by atoms with E-state index in [-0.39, 0.29) is 6.04 Å². The number of thiophene rings is 2. The molecule has 9 nitrogen and oxygen atoms in total. The van der Waals surface area contributed by atoms with Gasteiger partial charge in [-0.05, 0) is 67.3 Å². The highest BCUT2D eigenvalue weighted by molar-refractivity contribution is 7.14. The van der Waals surface area contributed by atoms with E-state index in [0.29, 0.717) is 30.2 Å². The highest BCUT2D eigenvalue weighted by Crippen LogP contribution is 2.49. The van der Waals surface area contributed by atoms with Crippen LogP contribution in [0.4, 0.5) is 0 Å². The number of primary amides is 1. The van der Waals surface area contributed by atoms with Crippen LogP contribution in [0.2, 0.25) is 0 Å². The third-order valence-corrected chi connectivity index (χ3v) is 9.03. The summed E-state index contributed by atoms with van der Waals surface area (Å²) in [6, 6.07) is 6.36. The maximum atomic E-state index is 12.0. The molecule has 3 aromatic heterocycles. The number of aryl methyl sites for hydroxylation is 2. The fourth-order valence-electron chi connectivity index (χ4n) is 5.24. The Hall–Kier alpha value is -3.07. The Morgan fingerprint density at radius 1 is 1.41 bits per heavy atom. The lowest BCUT2D eigenvalue weighted by Crippen LogP contribution is -2.37. The number of carbonyl (C=O) groups excluding carboxylic acids is 1. The van der Waals surface area contributed by atoms with Gasteiger partial charge in [-0.25, -0.2) is 0 Å². The van der Waals surface area contributed by atoms with E-state index in [1.807, 2.05) is 6.07 Å². The summed E-state index contributed by atoms with van der Waals surface area (Å²) in [4.78, 5) is 17.1. The fraction of sp³-hybridized carbons (Fsp3) is 0.435. The Labute approximate surface area is 205 Å². The first kappa shape index (κ1) is 22.7. The summed E-state index contributed by atoms with van der Waals surface area (Å²) in [6.45, 7) is 6.34. The number of aromatic nitrogens is 4. The van der Waals surface area contributed by atoms with E-state index in [9.17, 15) is 10.1 Å². The summed E-state index contributed by atoms with van der Waals surface area (Å²) in [5.74, 6) is 0.173. The smallest absolute Gasteiger partial charge is 0.258 e. The van der Waals surface area contributed by atoms with Gasteiger partial charge in [0.15, 0.2) is 5.82 Å². The Morgan fingerprint density at radius 3 is 3.03 bits per heavy atom. The molecule has 1 aliphatic heterocycles. The second kappa shape index (κ2) is 9.29. The predicted molar refractivity (Wildman–Crippen MR) is 131 cm³/mol. The third kappa shape index (κ3) is 3.81. The Kier molecular flexibility index (Phi) is 6.20. The minimum absolute atomic E-state index is 0.0872. The van der Waals surface area contributed by atoms with Gasteiger partial charge in [-0.3, -0.25) is 4.79 Å². The van der Waals surface area contributed by atoms with Crippen molar-refractivity contribution in [2.24, 2.45) is 5.73 Å². The number of rotatable bonds is 8. The molecule has 0 aromatic carbocycles. The van der Waals surface area contributed by atoms with Crippen molar-refractivity contribution in [1.82, 2.24) is 30.8 Å². The van der Waals surface area contributed by atoms with Gasteiger partial charge in [0.2, 0.25) is 0 Å². The van der Waals surface area contributed by atoms with Crippen molar-refractivity contribution in [3.8, 4) is 6.07 Å². The van der Waals surface area contributed by atoms with Crippen LogP contribution < -0.4 is 11.1 Å². The van der Waals surface area contributed by atoms with E-state index >= 15 is 0 Å². The number of nitrogens with zero attached hydrogens (tertiary/aromatic N) is 5. The standard InChI is InChI=1S/C23H26N8OS2/c1-14(31-9-2-3-15(31)12-24)13-26-8-7-23(22-27-29-30-28-22)16-6-10-33-18(16)4-5-19-17(23)11-20(34-19)21(25)32/h6,10-11,15,26H,1-5,7-9,13H2,(H2,25,32)(H,27,28,29,30). The quantitative estimate of drug-likeness (QED) is 0.409. The molecule has 1 saturated heterocycles. The monoisotopic (exact) mass is 494 g/mol. The van der Waals surface area contributed by atoms with Gasteiger partial charge >= 0.3 is 0 Å². The lowest BCUT2D eigenvalue weighted by Gasteiger charge is -2.32. The molecule has 0 radical (unpaired) electrons. The van der Waals surface area contributed by atoms with Crippen LogP contribution in [0.1, 0.15) is 55.6 Å². The number of carbonyl (C=O) groups is 1. The number of hydrogen-bond donors (Lipinski definition) is 3. The van der Waals surface area contributed by atoms with E-state index in [4.69, 9.17) is 5.73 Å². The number of likely N-dealkylation sites (tertiary alicyclic amines) is 1. The predicted octanol–water partition coefficient (Wildman–Crippen LogP) is 2.34. The molecular formula is C23H26N8OS2. The average molecular weight is 495 g/mol. The molecule has 1 fully saturated rings. The summed E-state index contributed by atoms with van der Waals surface area (Å²) < 4.78 is 0. The highest BCUT2D eigenvalue weighted by atomic mass is 32.1. The maximum absolute atomic E-state index is 12.0. The maximum Gasteiger partial charge on any atom is 0.258 e. The van der Waals surface area contributed by atoms with Gasteiger partial charge in [0.05, 0.1) is 16.4 Å². The van der Waals surface area contributed by atoms with Crippen LogP contribution in [-0.2, 0) is 18.3 Å². The minimum atomic E-state index is -0.643. The zero-order valence-electron chi connectivity index (χ0n) is 18.7. The molecule has 0 saturated carbocycles. The molecule has 2 unspecified atom stereocenters. The molecule has 34 heavy (non-hydrogen) atoms. The summed E-state index contributed by atoms with van der Waals surface area (Å²) in [6.07, 6.45) is 4.32. The number of aromatic amines is 1. The van der Waals surface area contributed by atoms with Crippen molar-refractivity contribution in [2.45, 2.75) is 43.6 Å². The highest BCUT2D eigenvalue weighted by Gasteiger charge is 2.45. The largest absolute Gasteiger partial charge is 0.365 e. The molecule has 1 amide bonds. The van der Waals surface area contributed by atoms with Gasteiger partial charge < -0.3 is 16.0 Å². The second-order valence-corrected chi connectivity index (χ2v) is 10.8. The molecule has 4 heterocycles. The van der Waals surface area contributed by atoms with Crippen molar-refractivity contribution in [3.63, 3.8) is 0 Å². The van der Waals surface area contributed by atoms with E-state index < -0.39 is 11.3 Å². The summed E-state index contributed by atoms with van der Waals surface area (Å²) in [7, 11) is 0. The Bertz CT molecular complexity index is 1240. The van der Waals surface area contributed by atoms with Gasteiger partial charge in [-0.1, -0.05) is 11.8 Å². The Morgan fingerprint density at radius 2 is 2.26 bits per heavy atom. The number of H-pyrrole nitrogens is 1. The number of nitriles is 1. The first-order valence-corrected chi connectivity index (χ1v) is 13.0. The van der Waals surface area contributed by atoms with Crippen LogP contribution in [0.3, 0.4) is 0 Å². The van der Waals surface area contributed by atoms with Crippen LogP contribution in [-0.4, -0.2) is 57.1 Å². The molecule has 4 N–H and O–H groups in total. The lowest BCUT2D eigenvalue weighted by atomic mass is 9.72. The fourth-order valence-corrected chi connectivity index (χ4v) is 7.29. The first-order valence-electron chi connectivity index (χ1n) is 11.3. The van der Waals surface area contributed by atoms with Gasteiger partial charge in [0.1, 0.15) is 6.04 Å². The number of nitrogens with two attached hydrogens (primary N) is 1. The van der Waals surface area contributed by atoms with Gasteiger partial charge in [0.25, 0.3) is 5.91 Å². The van der Waals surface area contributed by atoms with Crippen LogP contribution >= 0.6 is 22.7 Å². The zero-order chi connectivity index (χ0) is 23.7. The lowest BCUT2D eigenvalue weighted by molar-refractivity contribution is 0.100. The van der Waals surface area contributed by atoms with E-state index in [1.54, 1.807) is 11.3 Å². The molecule has 2 aliphatic rings. The number of tetrazole rings is 1. The van der Waals surface area contributed by atoms with Gasteiger partial charge in [-0.2, -0.15) is 10.5 Å². The SMILES string of the molecule is C=C(CNCCC1(c2nn[nH]n2)c2ccsc2CCc2sc(C(N)=O)cc21)N1CCCC1C#N. The van der Waals surface area contributed by atoms with Gasteiger partial charge in [-0.15, -0.1) is 32.9 Å². The molecule has 1 aliphatic carbocycles. The van der Waals surface area contributed by atoms with Crippen molar-refractivity contribution in [1.29, 1.82) is 5.26 Å². The number of hydrogen-bond acceptors (Lipinski definition) is 9. The summed E-state index contributed by atoms with van der Waals surface area (Å²) in [5, 5.41) is 30.4. The molecule has 0 bridgehead atoms. The van der Waals surface area contributed by atoms with Crippen LogP contribution in [0.15, 0.2) is 29.8 Å².